The van der Waals surface area contributed by atoms with Gasteiger partial charge in [-0.3, -0.25) is 0 Å². The van der Waals surface area contributed by atoms with Crippen molar-refractivity contribution in [2.75, 3.05) is 5.73 Å². The first kappa shape index (κ1) is 13.3. The second kappa shape index (κ2) is 5.39. The molecule has 9 heteroatoms. The van der Waals surface area contributed by atoms with Crippen molar-refractivity contribution in [1.82, 2.24) is 19.5 Å². The van der Waals surface area contributed by atoms with Crippen molar-refractivity contribution in [1.29, 1.82) is 0 Å². The van der Waals surface area contributed by atoms with Gasteiger partial charge in [0, 0.05) is 0 Å². The fourth-order valence-electron chi connectivity index (χ4n) is 2.01. The predicted octanol–water partition coefficient (Wildman–Crippen LogP) is -0.195. The lowest BCUT2D eigenvalue weighted by atomic mass is 10.2. The Morgan fingerprint density at radius 2 is 1.90 bits per heavy atom. The summed E-state index contributed by atoms with van der Waals surface area (Å²) in [5, 5.41) is 17.4. The monoisotopic (exact) mass is 285 g/mol. The quantitative estimate of drug-likeness (QED) is 0.568. The van der Waals surface area contributed by atoms with Gasteiger partial charge >= 0.3 is 7.32 Å². The number of hydrogen-bond donors (Lipinski definition) is 3. The van der Waals surface area contributed by atoms with Gasteiger partial charge in [-0.15, -0.1) is 0 Å². The van der Waals surface area contributed by atoms with Crippen molar-refractivity contribution < 1.29 is 14.7 Å². The smallest absolute Gasteiger partial charge is 0.512 e. The Labute approximate surface area is 120 Å². The summed E-state index contributed by atoms with van der Waals surface area (Å²) in [7, 11) is -1.83. The minimum Gasteiger partial charge on any atom is -0.512 e. The van der Waals surface area contributed by atoms with E-state index in [4.69, 9.17) is 20.4 Å². The van der Waals surface area contributed by atoms with E-state index in [1.807, 2.05) is 16.7 Å². The van der Waals surface area contributed by atoms with Crippen LogP contribution < -0.4 is 10.4 Å². The average molecular weight is 285 g/mol. The number of imidazole rings is 1. The Hall–Kier alpha value is -2.65. The molecule has 0 spiro atoms. The molecule has 8 nitrogen and oxygen atoms in total. The minimum atomic E-state index is -1.83. The molecule has 1 aromatic carbocycles. The summed E-state index contributed by atoms with van der Waals surface area (Å²) in [5.41, 5.74) is 7.95. The predicted molar refractivity (Wildman–Crippen MR) is 76.1 cm³/mol. The molecule has 106 valence electrons. The van der Waals surface area contributed by atoms with Gasteiger partial charge < -0.3 is 25.0 Å². The highest BCUT2D eigenvalue weighted by molar-refractivity contribution is 6.33. The van der Waals surface area contributed by atoms with E-state index in [-0.39, 0.29) is 0 Å². The first-order chi connectivity index (χ1) is 10.1. The van der Waals surface area contributed by atoms with Gasteiger partial charge in [0.2, 0.25) is 0 Å². The SMILES string of the molecule is Nc1ncnc2c1ncn2Cc1ccc(OB(O)O)cc1. The number of hydrogen-bond acceptors (Lipinski definition) is 7. The second-order valence-corrected chi connectivity index (χ2v) is 4.39. The van der Waals surface area contributed by atoms with Crippen LogP contribution in [-0.2, 0) is 6.54 Å². The van der Waals surface area contributed by atoms with E-state index in [1.54, 1.807) is 18.5 Å². The molecule has 3 rings (SSSR count). The van der Waals surface area contributed by atoms with Gasteiger partial charge in [0.05, 0.1) is 12.9 Å². The lowest BCUT2D eigenvalue weighted by Crippen LogP contribution is -2.20. The maximum atomic E-state index is 8.72. The number of aromatic nitrogens is 4. The Kier molecular flexibility index (Phi) is 3.42. The first-order valence-electron chi connectivity index (χ1n) is 6.16. The summed E-state index contributed by atoms with van der Waals surface area (Å²) in [6, 6.07) is 6.93. The van der Waals surface area contributed by atoms with E-state index in [1.165, 1.54) is 6.33 Å². The van der Waals surface area contributed by atoms with Gasteiger partial charge in [-0.2, -0.15) is 0 Å². The molecular weight excluding hydrogens is 273 g/mol. The van der Waals surface area contributed by atoms with Gasteiger partial charge in [0.1, 0.15) is 17.6 Å². The molecule has 0 unspecified atom stereocenters. The fraction of sp³-hybridized carbons (Fsp3) is 0.0833. The fourth-order valence-corrected chi connectivity index (χ4v) is 2.01. The van der Waals surface area contributed by atoms with Gasteiger partial charge in [0.15, 0.2) is 11.5 Å². The topological polar surface area (TPSA) is 119 Å². The zero-order chi connectivity index (χ0) is 14.8. The number of nitrogens with zero attached hydrogens (tertiary/aromatic N) is 4. The molecule has 0 saturated heterocycles. The van der Waals surface area contributed by atoms with Crippen LogP contribution in [-0.4, -0.2) is 36.9 Å². The van der Waals surface area contributed by atoms with E-state index >= 15 is 0 Å². The number of nitrogen functional groups attached to an aromatic ring is 1. The lowest BCUT2D eigenvalue weighted by molar-refractivity contribution is 0.288. The van der Waals surface area contributed by atoms with Crippen LogP contribution in [0.15, 0.2) is 36.9 Å². The van der Waals surface area contributed by atoms with Gasteiger partial charge in [-0.1, -0.05) is 12.1 Å². The Morgan fingerprint density at radius 3 is 2.62 bits per heavy atom. The summed E-state index contributed by atoms with van der Waals surface area (Å²) >= 11 is 0. The van der Waals surface area contributed by atoms with Crippen LogP contribution in [0, 0.1) is 0 Å². The summed E-state index contributed by atoms with van der Waals surface area (Å²) in [5.74, 6) is 0.718. The Morgan fingerprint density at radius 1 is 1.14 bits per heavy atom. The molecule has 4 N–H and O–H groups in total. The van der Waals surface area contributed by atoms with Crippen molar-refractivity contribution in [3.05, 3.63) is 42.5 Å². The zero-order valence-corrected chi connectivity index (χ0v) is 10.9. The molecule has 2 heterocycles. The lowest BCUT2D eigenvalue weighted by Gasteiger charge is -2.07. The number of nitrogens with two attached hydrogens (primary N) is 1. The number of rotatable bonds is 4. The van der Waals surface area contributed by atoms with Crippen LogP contribution in [0.4, 0.5) is 5.82 Å². The molecule has 0 aliphatic carbocycles. The van der Waals surface area contributed by atoms with E-state index in [0.717, 1.165) is 5.56 Å². The summed E-state index contributed by atoms with van der Waals surface area (Å²) in [4.78, 5) is 12.3. The van der Waals surface area contributed by atoms with Crippen molar-refractivity contribution in [2.45, 2.75) is 6.54 Å². The van der Waals surface area contributed by atoms with E-state index in [9.17, 15) is 0 Å². The number of fused-ring (bicyclic) bond motifs is 1. The molecule has 0 radical (unpaired) electrons. The standard InChI is InChI=1S/C12H12BN5O3/c14-11-10-12(16-6-15-11)18(7-17-10)5-8-1-3-9(4-2-8)21-13(19)20/h1-4,6-7,19-20H,5H2,(H2,14,15,16). The highest BCUT2D eigenvalue weighted by Gasteiger charge is 2.11. The summed E-state index contributed by atoms with van der Waals surface area (Å²) in [6.07, 6.45) is 3.05. The van der Waals surface area contributed by atoms with Crippen molar-refractivity contribution in [3.63, 3.8) is 0 Å². The Bertz CT molecular complexity index is 759. The highest BCUT2D eigenvalue weighted by atomic mass is 16.6. The molecule has 0 amide bonds. The maximum Gasteiger partial charge on any atom is 0.707 e. The first-order valence-corrected chi connectivity index (χ1v) is 6.16. The highest BCUT2D eigenvalue weighted by Crippen LogP contribution is 2.17. The van der Waals surface area contributed by atoms with Crippen LogP contribution in [0.25, 0.3) is 11.2 Å². The number of benzene rings is 1. The normalized spacial score (nSPS) is 10.8. The Balaban J connectivity index is 1.83. The van der Waals surface area contributed by atoms with Crippen molar-refractivity contribution in [2.24, 2.45) is 0 Å². The molecule has 0 atom stereocenters. The molecule has 3 aromatic rings. The molecule has 0 saturated carbocycles. The summed E-state index contributed by atoms with van der Waals surface area (Å²) < 4.78 is 6.60. The molecule has 2 aromatic heterocycles. The number of anilines is 1. The third-order valence-corrected chi connectivity index (χ3v) is 2.95. The van der Waals surface area contributed by atoms with Crippen LogP contribution in [0.2, 0.25) is 0 Å². The van der Waals surface area contributed by atoms with Crippen LogP contribution in [0.3, 0.4) is 0 Å². The zero-order valence-electron chi connectivity index (χ0n) is 10.9. The third kappa shape index (κ3) is 2.78. The summed E-state index contributed by atoms with van der Waals surface area (Å²) in [6.45, 7) is 0.551. The van der Waals surface area contributed by atoms with E-state index < -0.39 is 7.32 Å². The molecule has 0 fully saturated rings. The van der Waals surface area contributed by atoms with Gasteiger partial charge in [-0.25, -0.2) is 15.0 Å². The minimum absolute atomic E-state index is 0.347. The third-order valence-electron chi connectivity index (χ3n) is 2.95. The second-order valence-electron chi connectivity index (χ2n) is 4.39. The molecule has 0 bridgehead atoms. The van der Waals surface area contributed by atoms with E-state index in [0.29, 0.717) is 29.3 Å². The molecule has 21 heavy (non-hydrogen) atoms. The van der Waals surface area contributed by atoms with Gasteiger partial charge in [0.25, 0.3) is 0 Å². The van der Waals surface area contributed by atoms with Crippen LogP contribution in [0.5, 0.6) is 5.75 Å². The van der Waals surface area contributed by atoms with Crippen molar-refractivity contribution >= 4 is 24.3 Å². The molecular formula is C12H12BN5O3. The van der Waals surface area contributed by atoms with Crippen molar-refractivity contribution in [3.8, 4) is 5.75 Å². The maximum absolute atomic E-state index is 8.72. The molecule has 0 aliphatic heterocycles. The largest absolute Gasteiger partial charge is 0.707 e. The van der Waals surface area contributed by atoms with E-state index in [2.05, 4.69) is 15.0 Å². The molecule has 0 aliphatic rings. The van der Waals surface area contributed by atoms with Crippen LogP contribution in [0.1, 0.15) is 5.56 Å². The van der Waals surface area contributed by atoms with Gasteiger partial charge in [-0.05, 0) is 17.7 Å². The average Bonchev–Trinajstić information content (AvgIpc) is 2.85. The van der Waals surface area contributed by atoms with Crippen LogP contribution >= 0.6 is 0 Å².